The molecule has 8 nitrogen and oxygen atoms in total. The van der Waals surface area contributed by atoms with Crippen molar-refractivity contribution >= 4 is 17.6 Å². The van der Waals surface area contributed by atoms with Crippen molar-refractivity contribution in [3.63, 3.8) is 0 Å². The summed E-state index contributed by atoms with van der Waals surface area (Å²) in [6, 6.07) is 6.16. The first kappa shape index (κ1) is 15.9. The number of carbonyl (C=O) groups is 1. The highest BCUT2D eigenvalue weighted by Gasteiger charge is 2.30. The molecular weight excluding hydrogens is 322 g/mol. The second kappa shape index (κ2) is 6.36. The number of amides is 1. The minimum absolute atomic E-state index is 0.0130. The molecule has 1 aromatic carbocycles. The number of fused-ring (bicyclic) bond motifs is 1. The molecule has 4 rings (SSSR count). The number of hydroxylamine groups is 1. The summed E-state index contributed by atoms with van der Waals surface area (Å²) in [6.45, 7) is 3.74. The van der Waals surface area contributed by atoms with Gasteiger partial charge in [0.15, 0.2) is 12.1 Å². The molecule has 0 saturated heterocycles. The van der Waals surface area contributed by atoms with Gasteiger partial charge >= 0.3 is 0 Å². The third kappa shape index (κ3) is 3.05. The van der Waals surface area contributed by atoms with Gasteiger partial charge in [0.25, 0.3) is 12.1 Å². The van der Waals surface area contributed by atoms with E-state index in [4.69, 9.17) is 9.57 Å². The zero-order valence-corrected chi connectivity index (χ0v) is 14.2. The van der Waals surface area contributed by atoms with Crippen LogP contribution in [0.15, 0.2) is 28.3 Å². The second-order valence-corrected chi connectivity index (χ2v) is 6.33. The molecule has 0 spiro atoms. The maximum Gasteiger partial charge on any atom is 0.284 e. The Morgan fingerprint density at radius 2 is 2.32 bits per heavy atom. The predicted octanol–water partition coefficient (Wildman–Crippen LogP) is 1.09. The Morgan fingerprint density at radius 3 is 3.04 bits per heavy atom. The molecule has 1 amide bonds. The maximum absolute atomic E-state index is 12.3. The lowest BCUT2D eigenvalue weighted by atomic mass is 10.0. The number of nitrogens with one attached hydrogen (secondary N) is 3. The molecule has 25 heavy (non-hydrogen) atoms. The van der Waals surface area contributed by atoms with Gasteiger partial charge in [-0.25, -0.2) is 15.3 Å². The first-order valence-corrected chi connectivity index (χ1v) is 8.53. The van der Waals surface area contributed by atoms with Crippen molar-refractivity contribution in [1.82, 2.24) is 16.2 Å². The fourth-order valence-corrected chi connectivity index (χ4v) is 3.28. The summed E-state index contributed by atoms with van der Waals surface area (Å²) >= 11 is 0. The molecule has 0 fully saturated rings. The summed E-state index contributed by atoms with van der Waals surface area (Å²) in [5.74, 6) is 1.02. The van der Waals surface area contributed by atoms with Crippen LogP contribution in [0.2, 0.25) is 0 Å². The van der Waals surface area contributed by atoms with Crippen molar-refractivity contribution < 1.29 is 14.4 Å². The molecule has 3 atom stereocenters. The van der Waals surface area contributed by atoms with Crippen LogP contribution >= 0.6 is 0 Å². The minimum Gasteiger partial charge on any atom is -0.445 e. The largest absolute Gasteiger partial charge is 0.445 e. The van der Waals surface area contributed by atoms with Gasteiger partial charge in [-0.15, -0.1) is 5.10 Å². The summed E-state index contributed by atoms with van der Waals surface area (Å²) in [5.41, 5.74) is 8.93. The molecule has 8 heteroatoms. The number of amidine groups is 1. The highest BCUT2D eigenvalue weighted by molar-refractivity contribution is 5.99. The smallest absolute Gasteiger partial charge is 0.284 e. The van der Waals surface area contributed by atoms with Gasteiger partial charge in [-0.3, -0.25) is 10.2 Å². The van der Waals surface area contributed by atoms with E-state index in [1.165, 1.54) is 5.56 Å². The number of nitrogens with zero attached hydrogens (tertiary/aromatic N) is 2. The van der Waals surface area contributed by atoms with Crippen molar-refractivity contribution in [1.29, 1.82) is 0 Å². The topological polar surface area (TPSA) is 96.3 Å². The van der Waals surface area contributed by atoms with E-state index in [9.17, 15) is 4.79 Å². The van der Waals surface area contributed by atoms with Crippen molar-refractivity contribution in [3.05, 3.63) is 34.9 Å². The monoisotopic (exact) mass is 343 g/mol. The Bertz CT molecular complexity index is 761. The lowest BCUT2D eigenvalue weighted by Gasteiger charge is -2.17. The van der Waals surface area contributed by atoms with Crippen LogP contribution in [0.4, 0.5) is 0 Å². The Kier molecular flexibility index (Phi) is 4.04. The number of rotatable bonds is 4. The summed E-state index contributed by atoms with van der Waals surface area (Å²) < 4.78 is 5.32. The summed E-state index contributed by atoms with van der Waals surface area (Å²) in [7, 11) is 0. The lowest BCUT2D eigenvalue weighted by molar-refractivity contribution is -0.129. The van der Waals surface area contributed by atoms with E-state index in [-0.39, 0.29) is 18.2 Å². The number of hydrazone groups is 1. The first-order chi connectivity index (χ1) is 12.1. The molecule has 3 N–H and O–H groups in total. The van der Waals surface area contributed by atoms with Gasteiger partial charge < -0.3 is 10.1 Å². The van der Waals surface area contributed by atoms with Crippen molar-refractivity contribution in [2.75, 3.05) is 0 Å². The van der Waals surface area contributed by atoms with Gasteiger partial charge in [0.1, 0.15) is 0 Å². The van der Waals surface area contributed by atoms with Crippen LogP contribution in [0.3, 0.4) is 0 Å². The van der Waals surface area contributed by atoms with E-state index >= 15 is 0 Å². The fourth-order valence-electron chi connectivity index (χ4n) is 3.28. The van der Waals surface area contributed by atoms with Crippen LogP contribution in [-0.2, 0) is 20.8 Å². The van der Waals surface area contributed by atoms with Crippen molar-refractivity contribution in [3.8, 4) is 0 Å². The number of carbonyl (C=O) groups excluding carboxylic acids is 1. The van der Waals surface area contributed by atoms with E-state index in [0.29, 0.717) is 5.90 Å². The molecule has 0 bridgehead atoms. The zero-order valence-electron chi connectivity index (χ0n) is 14.2. The molecule has 0 aromatic heterocycles. The third-order valence-electron chi connectivity index (χ3n) is 4.59. The van der Waals surface area contributed by atoms with Crippen LogP contribution in [0, 0.1) is 0 Å². The number of aliphatic imine (C=N–C) groups is 1. The average Bonchev–Trinajstić information content (AvgIpc) is 3.34. The first-order valence-electron chi connectivity index (χ1n) is 8.53. The number of ether oxygens (including phenoxy) is 1. The highest BCUT2D eigenvalue weighted by Crippen LogP contribution is 2.32. The van der Waals surface area contributed by atoms with Crippen LogP contribution in [-0.4, -0.2) is 30.1 Å². The lowest BCUT2D eigenvalue weighted by Crippen LogP contribution is -2.42. The molecule has 2 aliphatic heterocycles. The molecule has 3 aliphatic rings. The van der Waals surface area contributed by atoms with Crippen LogP contribution < -0.4 is 16.2 Å². The third-order valence-corrected chi connectivity index (χ3v) is 4.59. The summed E-state index contributed by atoms with van der Waals surface area (Å²) in [4.78, 5) is 22.2. The SMILES string of the molecule is CCC1N=C(c2ccc3c(c2)CC[C@H]3NC(=O)C2NN=C(C)O2)NO1. The number of benzene rings is 1. The van der Waals surface area contributed by atoms with Crippen molar-refractivity contribution in [2.45, 2.75) is 51.6 Å². The van der Waals surface area contributed by atoms with Gasteiger partial charge in [0.2, 0.25) is 5.90 Å². The van der Waals surface area contributed by atoms with Gasteiger partial charge in [-0.05, 0) is 36.5 Å². The Hall–Kier alpha value is -2.61. The molecular formula is C17H21N5O3. The maximum atomic E-state index is 12.3. The summed E-state index contributed by atoms with van der Waals surface area (Å²) in [6.07, 6.45) is 1.73. The molecule has 1 aromatic rings. The van der Waals surface area contributed by atoms with Crippen molar-refractivity contribution in [2.24, 2.45) is 10.1 Å². The Balaban J connectivity index is 1.45. The molecule has 0 radical (unpaired) electrons. The minimum atomic E-state index is -0.747. The van der Waals surface area contributed by atoms with Gasteiger partial charge in [0, 0.05) is 12.5 Å². The summed E-state index contributed by atoms with van der Waals surface area (Å²) in [5, 5.41) is 6.91. The van der Waals surface area contributed by atoms with Crippen LogP contribution in [0.5, 0.6) is 0 Å². The van der Waals surface area contributed by atoms with E-state index in [1.54, 1.807) is 6.92 Å². The molecule has 1 aliphatic carbocycles. The van der Waals surface area contributed by atoms with E-state index in [2.05, 4.69) is 38.4 Å². The normalized spacial score (nSPS) is 26.9. The van der Waals surface area contributed by atoms with Gasteiger partial charge in [-0.1, -0.05) is 19.1 Å². The zero-order chi connectivity index (χ0) is 17.4. The number of hydrogen-bond donors (Lipinski definition) is 3. The second-order valence-electron chi connectivity index (χ2n) is 6.33. The Morgan fingerprint density at radius 1 is 1.44 bits per heavy atom. The molecule has 132 valence electrons. The molecule has 2 heterocycles. The Labute approximate surface area is 145 Å². The van der Waals surface area contributed by atoms with E-state index in [1.807, 2.05) is 13.0 Å². The standard InChI is InChI=1S/C17H21N5O3/c1-3-14-19-15(22-25-14)11-4-6-12-10(8-11)5-7-13(12)18-16(23)17-21-20-9(2)24-17/h4,6,8,13-14,17,21H,3,5,7H2,1-2H3,(H,18,23)(H,19,22)/t13-,14?,17?/m1/s1. The highest BCUT2D eigenvalue weighted by atomic mass is 16.7. The van der Waals surface area contributed by atoms with Crippen LogP contribution in [0.1, 0.15) is 49.4 Å². The van der Waals surface area contributed by atoms with Gasteiger partial charge in [-0.2, -0.15) is 0 Å². The number of hydrogen-bond acceptors (Lipinski definition) is 7. The average molecular weight is 343 g/mol. The molecule has 0 saturated carbocycles. The van der Waals surface area contributed by atoms with Crippen LogP contribution in [0.25, 0.3) is 0 Å². The fraction of sp³-hybridized carbons (Fsp3) is 0.471. The van der Waals surface area contributed by atoms with E-state index < -0.39 is 6.23 Å². The molecule has 2 unspecified atom stereocenters. The quantitative estimate of drug-likeness (QED) is 0.760. The predicted molar refractivity (Wildman–Crippen MR) is 91.6 cm³/mol. The van der Waals surface area contributed by atoms with E-state index in [0.717, 1.165) is 36.2 Å². The van der Waals surface area contributed by atoms with Gasteiger partial charge in [0.05, 0.1) is 6.04 Å². The number of aryl methyl sites for hydroxylation is 1.